The lowest BCUT2D eigenvalue weighted by atomic mass is 9.99. The van der Waals surface area contributed by atoms with Crippen LogP contribution in [0.2, 0.25) is 0 Å². The van der Waals surface area contributed by atoms with Crippen molar-refractivity contribution in [1.29, 1.82) is 0 Å². The van der Waals surface area contributed by atoms with Crippen molar-refractivity contribution in [2.45, 2.75) is 45.3 Å². The maximum atomic E-state index is 12.2. The summed E-state index contributed by atoms with van der Waals surface area (Å²) in [4.78, 5) is 14.7. The number of hydrogen-bond donors (Lipinski definition) is 1. The molecular weight excluding hydrogens is 288 g/mol. The van der Waals surface area contributed by atoms with Gasteiger partial charge < -0.3 is 10.1 Å². The molecule has 2 aliphatic rings. The Morgan fingerprint density at radius 2 is 2.09 bits per heavy atom. The summed E-state index contributed by atoms with van der Waals surface area (Å²) in [5, 5.41) is 2.97. The number of piperidine rings is 1. The second-order valence-electron chi connectivity index (χ2n) is 7.02. The fourth-order valence-corrected chi connectivity index (χ4v) is 3.56. The molecule has 0 bridgehead atoms. The minimum Gasteiger partial charge on any atom is -0.376 e. The predicted molar refractivity (Wildman–Crippen MR) is 91.4 cm³/mol. The first-order valence-corrected chi connectivity index (χ1v) is 8.92. The van der Waals surface area contributed by atoms with Gasteiger partial charge >= 0.3 is 0 Å². The van der Waals surface area contributed by atoms with Crippen LogP contribution in [0, 0.1) is 5.92 Å². The Morgan fingerprint density at radius 3 is 2.78 bits per heavy atom. The highest BCUT2D eigenvalue weighted by molar-refractivity contribution is 5.94. The maximum absolute atomic E-state index is 12.2. The van der Waals surface area contributed by atoms with Gasteiger partial charge in [-0.3, -0.25) is 9.69 Å². The molecule has 4 heteroatoms. The van der Waals surface area contributed by atoms with E-state index in [-0.39, 0.29) is 12.0 Å². The van der Waals surface area contributed by atoms with E-state index in [1.165, 1.54) is 31.5 Å². The molecule has 1 N–H and O–H groups in total. The first-order valence-electron chi connectivity index (χ1n) is 8.92. The van der Waals surface area contributed by atoms with Crippen LogP contribution in [-0.4, -0.2) is 43.2 Å². The van der Waals surface area contributed by atoms with Crippen LogP contribution in [0.4, 0.5) is 0 Å². The lowest BCUT2D eigenvalue weighted by Gasteiger charge is -2.30. The molecule has 2 fully saturated rings. The normalized spacial score (nSPS) is 25.4. The SMILES string of the molecule is C[C@@H]1CCCN(Cc2ccc(C(=O)NC[C@H]3CCCO3)cc2)C1. The number of nitrogens with zero attached hydrogens (tertiary/aromatic N) is 1. The van der Waals surface area contributed by atoms with E-state index in [0.717, 1.165) is 37.5 Å². The van der Waals surface area contributed by atoms with Gasteiger partial charge in [-0.15, -0.1) is 0 Å². The van der Waals surface area contributed by atoms with Gasteiger partial charge in [-0.2, -0.15) is 0 Å². The molecule has 0 aromatic heterocycles. The zero-order valence-corrected chi connectivity index (χ0v) is 14.1. The third kappa shape index (κ3) is 4.79. The number of rotatable bonds is 5. The molecule has 23 heavy (non-hydrogen) atoms. The first-order chi connectivity index (χ1) is 11.2. The molecular formula is C19H28N2O2. The van der Waals surface area contributed by atoms with Crippen molar-refractivity contribution in [2.24, 2.45) is 5.92 Å². The number of hydrogen-bond acceptors (Lipinski definition) is 3. The van der Waals surface area contributed by atoms with Gasteiger partial charge in [0.1, 0.15) is 0 Å². The Hall–Kier alpha value is -1.39. The average Bonchev–Trinajstić information content (AvgIpc) is 3.07. The van der Waals surface area contributed by atoms with Gasteiger partial charge in [0.2, 0.25) is 0 Å². The van der Waals surface area contributed by atoms with Crippen LogP contribution in [0.15, 0.2) is 24.3 Å². The number of nitrogens with one attached hydrogen (secondary N) is 1. The van der Waals surface area contributed by atoms with Crippen LogP contribution in [0.1, 0.15) is 48.5 Å². The standard InChI is InChI=1S/C19H28N2O2/c1-15-4-2-10-21(13-15)14-16-6-8-17(9-7-16)19(22)20-12-18-5-3-11-23-18/h6-9,15,18H,2-5,10-14H2,1H3,(H,20,22)/t15-,18-/m1/s1. The molecule has 126 valence electrons. The molecule has 0 spiro atoms. The summed E-state index contributed by atoms with van der Waals surface area (Å²) in [7, 11) is 0. The third-order valence-corrected chi connectivity index (χ3v) is 4.88. The van der Waals surface area contributed by atoms with E-state index < -0.39 is 0 Å². The molecule has 1 aromatic carbocycles. The number of amides is 1. The quantitative estimate of drug-likeness (QED) is 0.908. The summed E-state index contributed by atoms with van der Waals surface area (Å²) in [5.41, 5.74) is 2.02. The van der Waals surface area contributed by atoms with Gasteiger partial charge in [0.05, 0.1) is 6.10 Å². The van der Waals surface area contributed by atoms with Crippen LogP contribution in [0.3, 0.4) is 0 Å². The number of likely N-dealkylation sites (tertiary alicyclic amines) is 1. The molecule has 2 aliphatic heterocycles. The molecule has 0 unspecified atom stereocenters. The van der Waals surface area contributed by atoms with Crippen molar-refractivity contribution in [2.75, 3.05) is 26.2 Å². The molecule has 2 heterocycles. The number of ether oxygens (including phenoxy) is 1. The smallest absolute Gasteiger partial charge is 0.251 e. The van der Waals surface area contributed by atoms with Gasteiger partial charge in [0, 0.05) is 31.8 Å². The molecule has 1 amide bonds. The van der Waals surface area contributed by atoms with Crippen LogP contribution in [-0.2, 0) is 11.3 Å². The largest absolute Gasteiger partial charge is 0.376 e. The van der Waals surface area contributed by atoms with Crippen LogP contribution in [0.25, 0.3) is 0 Å². The predicted octanol–water partition coefficient (Wildman–Crippen LogP) is 2.83. The Labute approximate surface area is 139 Å². The molecule has 0 saturated carbocycles. The van der Waals surface area contributed by atoms with Crippen molar-refractivity contribution in [3.63, 3.8) is 0 Å². The van der Waals surface area contributed by atoms with Crippen molar-refractivity contribution in [1.82, 2.24) is 10.2 Å². The average molecular weight is 316 g/mol. The van der Waals surface area contributed by atoms with Gasteiger partial charge in [0.15, 0.2) is 0 Å². The summed E-state index contributed by atoms with van der Waals surface area (Å²) < 4.78 is 5.53. The minimum atomic E-state index is -0.00125. The minimum absolute atomic E-state index is 0.00125. The zero-order valence-electron chi connectivity index (χ0n) is 14.1. The Morgan fingerprint density at radius 1 is 1.26 bits per heavy atom. The van der Waals surface area contributed by atoms with Crippen molar-refractivity contribution >= 4 is 5.91 Å². The van der Waals surface area contributed by atoms with E-state index in [2.05, 4.69) is 29.3 Å². The molecule has 3 rings (SSSR count). The summed E-state index contributed by atoms with van der Waals surface area (Å²) in [6, 6.07) is 8.04. The number of carbonyl (C=O) groups excluding carboxylic acids is 1. The number of benzene rings is 1. The third-order valence-electron chi connectivity index (χ3n) is 4.88. The van der Waals surface area contributed by atoms with Gasteiger partial charge in [-0.1, -0.05) is 19.1 Å². The first kappa shape index (κ1) is 16.5. The summed E-state index contributed by atoms with van der Waals surface area (Å²) >= 11 is 0. The van der Waals surface area contributed by atoms with E-state index in [1.807, 2.05) is 12.1 Å². The van der Waals surface area contributed by atoms with Crippen LogP contribution >= 0.6 is 0 Å². The van der Waals surface area contributed by atoms with Gasteiger partial charge in [-0.05, 0) is 55.8 Å². The van der Waals surface area contributed by atoms with Crippen molar-refractivity contribution < 1.29 is 9.53 Å². The number of carbonyl (C=O) groups is 1. The van der Waals surface area contributed by atoms with Gasteiger partial charge in [-0.25, -0.2) is 0 Å². The van der Waals surface area contributed by atoms with E-state index in [9.17, 15) is 4.79 Å². The van der Waals surface area contributed by atoms with Gasteiger partial charge in [0.25, 0.3) is 5.91 Å². The fraction of sp³-hybridized carbons (Fsp3) is 0.632. The van der Waals surface area contributed by atoms with E-state index in [1.54, 1.807) is 0 Å². The topological polar surface area (TPSA) is 41.6 Å². The summed E-state index contributed by atoms with van der Waals surface area (Å²) in [6.45, 7) is 7.13. The molecule has 2 saturated heterocycles. The van der Waals surface area contributed by atoms with Crippen molar-refractivity contribution in [3.05, 3.63) is 35.4 Å². The fourth-order valence-electron chi connectivity index (χ4n) is 3.56. The second-order valence-corrected chi connectivity index (χ2v) is 7.02. The molecule has 1 aromatic rings. The highest BCUT2D eigenvalue weighted by atomic mass is 16.5. The van der Waals surface area contributed by atoms with E-state index in [4.69, 9.17) is 4.74 Å². The highest BCUT2D eigenvalue weighted by Crippen LogP contribution is 2.18. The zero-order chi connectivity index (χ0) is 16.1. The molecule has 0 radical (unpaired) electrons. The molecule has 2 atom stereocenters. The molecule has 4 nitrogen and oxygen atoms in total. The lowest BCUT2D eigenvalue weighted by Crippen LogP contribution is -2.33. The Balaban J connectivity index is 1.48. The van der Waals surface area contributed by atoms with E-state index >= 15 is 0 Å². The van der Waals surface area contributed by atoms with Crippen molar-refractivity contribution in [3.8, 4) is 0 Å². The molecule has 0 aliphatic carbocycles. The van der Waals surface area contributed by atoms with E-state index in [0.29, 0.717) is 6.54 Å². The maximum Gasteiger partial charge on any atom is 0.251 e. The monoisotopic (exact) mass is 316 g/mol. The Bertz CT molecular complexity index is 509. The lowest BCUT2D eigenvalue weighted by molar-refractivity contribution is 0.0858. The highest BCUT2D eigenvalue weighted by Gasteiger charge is 2.18. The van der Waals surface area contributed by atoms with Crippen LogP contribution < -0.4 is 5.32 Å². The summed E-state index contributed by atoms with van der Waals surface area (Å²) in [6.07, 6.45) is 4.99. The summed E-state index contributed by atoms with van der Waals surface area (Å²) in [5.74, 6) is 0.797. The Kier molecular flexibility index (Phi) is 5.68. The second kappa shape index (κ2) is 7.93. The van der Waals surface area contributed by atoms with Crippen LogP contribution in [0.5, 0.6) is 0 Å².